The summed E-state index contributed by atoms with van der Waals surface area (Å²) in [5.74, 6) is -0.0128. The summed E-state index contributed by atoms with van der Waals surface area (Å²) in [6.45, 7) is 1.03. The number of carbonyl (C=O) groups is 2. The van der Waals surface area contributed by atoms with E-state index in [2.05, 4.69) is 10.6 Å². The van der Waals surface area contributed by atoms with Crippen LogP contribution in [0.25, 0.3) is 0 Å². The molecule has 2 amide bonds. The van der Waals surface area contributed by atoms with E-state index in [1.807, 2.05) is 11.9 Å². The lowest BCUT2D eigenvalue weighted by Crippen LogP contribution is -2.47. The van der Waals surface area contributed by atoms with Gasteiger partial charge in [0.15, 0.2) is 0 Å². The van der Waals surface area contributed by atoms with E-state index in [0.29, 0.717) is 6.04 Å². The van der Waals surface area contributed by atoms with Gasteiger partial charge in [-0.2, -0.15) is 0 Å². The summed E-state index contributed by atoms with van der Waals surface area (Å²) in [4.78, 5) is 25.7. The molecule has 0 aromatic rings. The highest BCUT2D eigenvalue weighted by Crippen LogP contribution is 2.21. The third kappa shape index (κ3) is 3.93. The fraction of sp³-hybridized carbons (Fsp3) is 0.857. The van der Waals surface area contributed by atoms with Gasteiger partial charge in [-0.05, 0) is 32.2 Å². The maximum atomic E-state index is 12.1. The third-order valence-corrected chi connectivity index (χ3v) is 4.31. The van der Waals surface area contributed by atoms with E-state index < -0.39 is 0 Å². The molecular formula is C14H25N3O2. The summed E-state index contributed by atoms with van der Waals surface area (Å²) >= 11 is 0. The standard InChI is InChI=1S/C14H25N3O2/c1-17(11-6-3-2-4-7-11)13(18)10-16-14(19)12-8-5-9-15-12/h11-12,15H,2-10H2,1H3,(H,16,19). The van der Waals surface area contributed by atoms with Crippen LogP contribution >= 0.6 is 0 Å². The summed E-state index contributed by atoms with van der Waals surface area (Å²) in [6.07, 6.45) is 7.80. The molecule has 1 heterocycles. The van der Waals surface area contributed by atoms with Crippen molar-refractivity contribution in [2.45, 2.75) is 57.0 Å². The number of hydrogen-bond acceptors (Lipinski definition) is 3. The van der Waals surface area contributed by atoms with Crippen LogP contribution in [-0.4, -0.2) is 48.9 Å². The Hall–Kier alpha value is -1.10. The number of nitrogens with zero attached hydrogens (tertiary/aromatic N) is 1. The molecule has 1 unspecified atom stereocenters. The van der Waals surface area contributed by atoms with Crippen molar-refractivity contribution in [3.05, 3.63) is 0 Å². The average Bonchev–Trinajstić information content (AvgIpc) is 2.98. The maximum Gasteiger partial charge on any atom is 0.241 e. The van der Waals surface area contributed by atoms with Crippen LogP contribution in [0, 0.1) is 0 Å². The molecule has 5 nitrogen and oxygen atoms in total. The van der Waals surface area contributed by atoms with Gasteiger partial charge < -0.3 is 15.5 Å². The Morgan fingerprint density at radius 2 is 1.89 bits per heavy atom. The van der Waals surface area contributed by atoms with Crippen molar-refractivity contribution in [2.75, 3.05) is 20.1 Å². The SMILES string of the molecule is CN(C(=O)CNC(=O)C1CCCN1)C1CCCCC1. The highest BCUT2D eigenvalue weighted by Gasteiger charge is 2.25. The molecule has 1 saturated heterocycles. The van der Waals surface area contributed by atoms with E-state index in [-0.39, 0.29) is 24.4 Å². The second kappa shape index (κ2) is 6.89. The number of nitrogens with one attached hydrogen (secondary N) is 2. The lowest BCUT2D eigenvalue weighted by atomic mass is 9.94. The van der Waals surface area contributed by atoms with Gasteiger partial charge in [-0.1, -0.05) is 19.3 Å². The normalized spacial score (nSPS) is 24.2. The van der Waals surface area contributed by atoms with Crippen molar-refractivity contribution >= 4 is 11.8 Å². The molecule has 2 fully saturated rings. The molecule has 0 bridgehead atoms. The van der Waals surface area contributed by atoms with E-state index in [4.69, 9.17) is 0 Å². The van der Waals surface area contributed by atoms with Crippen LogP contribution in [0.2, 0.25) is 0 Å². The van der Waals surface area contributed by atoms with Crippen LogP contribution in [0.1, 0.15) is 44.9 Å². The first-order valence-electron chi connectivity index (χ1n) is 7.45. The van der Waals surface area contributed by atoms with Crippen LogP contribution in [-0.2, 0) is 9.59 Å². The summed E-state index contributed by atoms with van der Waals surface area (Å²) in [5, 5.41) is 5.89. The van der Waals surface area contributed by atoms with Crippen molar-refractivity contribution < 1.29 is 9.59 Å². The minimum absolute atomic E-state index is 0.0262. The van der Waals surface area contributed by atoms with Crippen molar-refractivity contribution in [1.82, 2.24) is 15.5 Å². The lowest BCUT2D eigenvalue weighted by molar-refractivity contribution is -0.134. The monoisotopic (exact) mass is 267 g/mol. The molecule has 2 rings (SSSR count). The largest absolute Gasteiger partial charge is 0.346 e. The molecule has 0 spiro atoms. The topological polar surface area (TPSA) is 61.4 Å². The number of amides is 2. The van der Waals surface area contributed by atoms with E-state index in [9.17, 15) is 9.59 Å². The van der Waals surface area contributed by atoms with Gasteiger partial charge in [-0.3, -0.25) is 9.59 Å². The second-order valence-electron chi connectivity index (χ2n) is 5.66. The predicted octanol–water partition coefficient (Wildman–Crippen LogP) is 0.646. The van der Waals surface area contributed by atoms with Gasteiger partial charge in [-0.25, -0.2) is 0 Å². The Morgan fingerprint density at radius 3 is 2.53 bits per heavy atom. The van der Waals surface area contributed by atoms with Crippen molar-refractivity contribution in [2.24, 2.45) is 0 Å². The molecule has 5 heteroatoms. The van der Waals surface area contributed by atoms with Gasteiger partial charge in [0.05, 0.1) is 12.6 Å². The molecule has 0 aromatic heterocycles. The molecule has 108 valence electrons. The van der Waals surface area contributed by atoms with E-state index >= 15 is 0 Å². The highest BCUT2D eigenvalue weighted by molar-refractivity contribution is 5.87. The Kier molecular flexibility index (Phi) is 5.19. The molecule has 19 heavy (non-hydrogen) atoms. The van der Waals surface area contributed by atoms with Crippen LogP contribution in [0.5, 0.6) is 0 Å². The minimum atomic E-state index is -0.104. The Morgan fingerprint density at radius 1 is 1.16 bits per heavy atom. The van der Waals surface area contributed by atoms with Gasteiger partial charge >= 0.3 is 0 Å². The number of carbonyl (C=O) groups excluding carboxylic acids is 2. The Balaban J connectivity index is 1.72. The van der Waals surface area contributed by atoms with Gasteiger partial charge in [0.2, 0.25) is 11.8 Å². The van der Waals surface area contributed by atoms with E-state index in [0.717, 1.165) is 32.2 Å². The molecule has 2 N–H and O–H groups in total. The zero-order chi connectivity index (χ0) is 13.7. The highest BCUT2D eigenvalue weighted by atomic mass is 16.2. The fourth-order valence-electron chi connectivity index (χ4n) is 2.99. The molecule has 1 aliphatic carbocycles. The van der Waals surface area contributed by atoms with Gasteiger partial charge in [0.25, 0.3) is 0 Å². The number of hydrogen-bond donors (Lipinski definition) is 2. The summed E-state index contributed by atoms with van der Waals surface area (Å²) < 4.78 is 0. The number of rotatable bonds is 4. The van der Waals surface area contributed by atoms with Gasteiger partial charge in [0.1, 0.15) is 0 Å². The summed E-state index contributed by atoms with van der Waals surface area (Å²) in [7, 11) is 1.86. The zero-order valence-corrected chi connectivity index (χ0v) is 11.8. The van der Waals surface area contributed by atoms with Crippen LogP contribution in [0.4, 0.5) is 0 Å². The van der Waals surface area contributed by atoms with Crippen LogP contribution < -0.4 is 10.6 Å². The molecule has 2 aliphatic rings. The Bertz CT molecular complexity index is 321. The second-order valence-corrected chi connectivity index (χ2v) is 5.66. The first kappa shape index (κ1) is 14.3. The first-order valence-corrected chi connectivity index (χ1v) is 7.45. The van der Waals surface area contributed by atoms with Crippen molar-refractivity contribution in [1.29, 1.82) is 0 Å². The number of likely N-dealkylation sites (N-methyl/N-ethyl adjacent to an activating group) is 1. The third-order valence-electron chi connectivity index (χ3n) is 4.31. The lowest BCUT2D eigenvalue weighted by Gasteiger charge is -2.31. The van der Waals surface area contributed by atoms with Crippen molar-refractivity contribution in [3.63, 3.8) is 0 Å². The predicted molar refractivity (Wildman–Crippen MR) is 73.7 cm³/mol. The van der Waals surface area contributed by atoms with Gasteiger partial charge in [-0.15, -0.1) is 0 Å². The van der Waals surface area contributed by atoms with E-state index in [1.54, 1.807) is 0 Å². The summed E-state index contributed by atoms with van der Waals surface area (Å²) in [6, 6.07) is 0.260. The Labute approximate surface area is 115 Å². The molecule has 1 aliphatic heterocycles. The first-order chi connectivity index (χ1) is 9.18. The quantitative estimate of drug-likeness (QED) is 0.786. The minimum Gasteiger partial charge on any atom is -0.346 e. The smallest absolute Gasteiger partial charge is 0.241 e. The van der Waals surface area contributed by atoms with Crippen LogP contribution in [0.15, 0.2) is 0 Å². The molecule has 0 radical (unpaired) electrons. The van der Waals surface area contributed by atoms with Crippen molar-refractivity contribution in [3.8, 4) is 0 Å². The average molecular weight is 267 g/mol. The maximum absolute atomic E-state index is 12.1. The molecule has 1 saturated carbocycles. The summed E-state index contributed by atoms with van der Waals surface area (Å²) in [5.41, 5.74) is 0. The molecular weight excluding hydrogens is 242 g/mol. The molecule has 0 aromatic carbocycles. The fourth-order valence-corrected chi connectivity index (χ4v) is 2.99. The molecule has 1 atom stereocenters. The zero-order valence-electron chi connectivity index (χ0n) is 11.8. The van der Waals surface area contributed by atoms with E-state index in [1.165, 1.54) is 19.3 Å². The van der Waals surface area contributed by atoms with Crippen LogP contribution in [0.3, 0.4) is 0 Å². The van der Waals surface area contributed by atoms with Gasteiger partial charge in [0, 0.05) is 13.1 Å².